The largest absolute Gasteiger partial charge is 0.335 e. The Morgan fingerprint density at radius 3 is 2.50 bits per heavy atom. The summed E-state index contributed by atoms with van der Waals surface area (Å²) >= 11 is 0. The molecule has 0 bridgehead atoms. The summed E-state index contributed by atoms with van der Waals surface area (Å²) in [5, 5.41) is 0. The van der Waals surface area contributed by atoms with Crippen molar-refractivity contribution in [2.75, 3.05) is 0 Å². The number of aromatic nitrogens is 2. The Morgan fingerprint density at radius 1 is 1.33 bits per heavy atom. The van der Waals surface area contributed by atoms with Gasteiger partial charge in [0, 0.05) is 6.20 Å². The van der Waals surface area contributed by atoms with E-state index in [1.165, 1.54) is 0 Å². The van der Waals surface area contributed by atoms with Gasteiger partial charge >= 0.3 is 5.69 Å². The van der Waals surface area contributed by atoms with E-state index in [4.69, 9.17) is 0 Å². The molecule has 12 heavy (non-hydrogen) atoms. The van der Waals surface area contributed by atoms with Crippen LogP contribution < -0.4 is 11.2 Å². The zero-order valence-electron chi connectivity index (χ0n) is 5.81. The van der Waals surface area contributed by atoms with Crippen LogP contribution in [0.15, 0.2) is 15.8 Å². The zero-order valence-corrected chi connectivity index (χ0v) is 5.81. The van der Waals surface area contributed by atoms with Gasteiger partial charge in [0.05, 0.1) is 5.56 Å². The van der Waals surface area contributed by atoms with Gasteiger partial charge in [0.1, 0.15) is 0 Å². The van der Waals surface area contributed by atoms with Gasteiger partial charge in [-0.3, -0.25) is 14.4 Å². The van der Waals surface area contributed by atoms with E-state index in [2.05, 4.69) is 4.98 Å². The lowest BCUT2D eigenvalue weighted by molar-refractivity contribution is 0.112. The van der Waals surface area contributed by atoms with Crippen LogP contribution >= 0.6 is 0 Å². The fourth-order valence-electron chi connectivity index (χ4n) is 0.682. The van der Waals surface area contributed by atoms with Crippen LogP contribution in [0.4, 0.5) is 0 Å². The van der Waals surface area contributed by atoms with E-state index in [1.54, 1.807) is 0 Å². The summed E-state index contributed by atoms with van der Waals surface area (Å²) < 4.78 is 0.281. The van der Waals surface area contributed by atoms with Crippen LogP contribution in [0.25, 0.3) is 0 Å². The van der Waals surface area contributed by atoms with E-state index in [-0.39, 0.29) is 22.8 Å². The van der Waals surface area contributed by atoms with Crippen molar-refractivity contribution in [3.8, 4) is 0 Å². The van der Waals surface area contributed by atoms with Gasteiger partial charge in [0.2, 0.25) is 6.41 Å². The SMILES string of the molecule is O=Cc1c[nH]c(=O)n(C=O)c1=O. The number of hydrogen-bond donors (Lipinski definition) is 1. The molecule has 6 nitrogen and oxygen atoms in total. The number of carbonyl (C=O) groups is 2. The first kappa shape index (κ1) is 8.12. The molecule has 0 aromatic carbocycles. The van der Waals surface area contributed by atoms with Gasteiger partial charge in [-0.15, -0.1) is 0 Å². The Balaban J connectivity index is 3.66. The normalized spacial score (nSPS) is 9.33. The van der Waals surface area contributed by atoms with Crippen molar-refractivity contribution in [2.24, 2.45) is 0 Å². The molecule has 0 saturated carbocycles. The van der Waals surface area contributed by atoms with Crippen molar-refractivity contribution < 1.29 is 9.59 Å². The predicted molar refractivity (Wildman–Crippen MR) is 38.9 cm³/mol. The van der Waals surface area contributed by atoms with Crippen LogP contribution in [0, 0.1) is 0 Å². The van der Waals surface area contributed by atoms with Crippen LogP contribution in [0.3, 0.4) is 0 Å². The average molecular weight is 168 g/mol. The fourth-order valence-corrected chi connectivity index (χ4v) is 0.682. The van der Waals surface area contributed by atoms with E-state index in [1.807, 2.05) is 0 Å². The Bertz CT molecular complexity index is 428. The molecular weight excluding hydrogens is 164 g/mol. The molecule has 0 spiro atoms. The topological polar surface area (TPSA) is 89.0 Å². The van der Waals surface area contributed by atoms with E-state index in [0.717, 1.165) is 6.20 Å². The number of aldehydes is 1. The van der Waals surface area contributed by atoms with Gasteiger partial charge in [-0.2, -0.15) is 4.57 Å². The molecule has 0 atom stereocenters. The maximum Gasteiger partial charge on any atom is 0.335 e. The minimum atomic E-state index is -0.913. The second-order valence-electron chi connectivity index (χ2n) is 1.95. The summed E-state index contributed by atoms with van der Waals surface area (Å²) in [6.07, 6.45) is 1.27. The minimum Gasteiger partial charge on any atom is -0.313 e. The van der Waals surface area contributed by atoms with Crippen LogP contribution in [-0.4, -0.2) is 22.2 Å². The molecule has 0 amide bonds. The Labute approximate surface area is 65.5 Å². The summed E-state index contributed by atoms with van der Waals surface area (Å²) in [6.45, 7) is 0. The van der Waals surface area contributed by atoms with Gasteiger partial charge < -0.3 is 4.98 Å². The van der Waals surface area contributed by atoms with Crippen LogP contribution in [0.5, 0.6) is 0 Å². The zero-order chi connectivity index (χ0) is 9.14. The molecule has 0 radical (unpaired) electrons. The first-order chi connectivity index (χ1) is 5.70. The third-order valence-corrected chi connectivity index (χ3v) is 1.27. The fraction of sp³-hybridized carbons (Fsp3) is 0. The first-order valence-electron chi connectivity index (χ1n) is 2.95. The molecule has 0 unspecified atom stereocenters. The molecule has 1 N–H and O–H groups in total. The lowest BCUT2D eigenvalue weighted by atomic mass is 10.4. The number of aromatic amines is 1. The Kier molecular flexibility index (Phi) is 2.00. The summed E-state index contributed by atoms with van der Waals surface area (Å²) in [6, 6.07) is 0. The van der Waals surface area contributed by atoms with Crippen molar-refractivity contribution in [1.82, 2.24) is 9.55 Å². The van der Waals surface area contributed by atoms with Crippen LogP contribution in [0.1, 0.15) is 10.4 Å². The van der Waals surface area contributed by atoms with Gasteiger partial charge in [-0.1, -0.05) is 0 Å². The lowest BCUT2D eigenvalue weighted by Gasteiger charge is -1.92. The average Bonchev–Trinajstić information content (AvgIpc) is 2.06. The molecule has 0 saturated heterocycles. The summed E-state index contributed by atoms with van der Waals surface area (Å²) in [5.74, 6) is 0. The molecule has 0 aliphatic rings. The number of nitrogens with zero attached hydrogens (tertiary/aromatic N) is 1. The summed E-state index contributed by atoms with van der Waals surface area (Å²) in [5.41, 5.74) is -2.04. The monoisotopic (exact) mass is 168 g/mol. The molecule has 0 fully saturated rings. The standard InChI is InChI=1S/C6H4N2O4/c9-2-4-1-7-6(12)8(3-10)5(4)11/h1-3H,(H,7,12). The number of hydrogen-bond acceptors (Lipinski definition) is 4. The second-order valence-corrected chi connectivity index (χ2v) is 1.95. The highest BCUT2D eigenvalue weighted by atomic mass is 16.2. The highest BCUT2D eigenvalue weighted by Crippen LogP contribution is 1.75. The number of rotatable bonds is 2. The molecule has 0 aliphatic carbocycles. The highest BCUT2D eigenvalue weighted by molar-refractivity contribution is 5.74. The van der Waals surface area contributed by atoms with Gasteiger partial charge in [-0.25, -0.2) is 4.79 Å². The molecule has 62 valence electrons. The lowest BCUT2D eigenvalue weighted by Crippen LogP contribution is -2.36. The molecule has 6 heteroatoms. The third-order valence-electron chi connectivity index (χ3n) is 1.27. The van der Waals surface area contributed by atoms with Crippen molar-refractivity contribution in [1.29, 1.82) is 0 Å². The van der Waals surface area contributed by atoms with Crippen LogP contribution in [-0.2, 0) is 4.79 Å². The smallest absolute Gasteiger partial charge is 0.313 e. The Hall–Kier alpha value is -1.98. The summed E-state index contributed by atoms with van der Waals surface area (Å²) in [7, 11) is 0. The highest BCUT2D eigenvalue weighted by Gasteiger charge is 2.03. The maximum atomic E-state index is 10.9. The first-order valence-corrected chi connectivity index (χ1v) is 2.95. The number of nitrogens with one attached hydrogen (secondary N) is 1. The number of H-pyrrole nitrogens is 1. The minimum absolute atomic E-state index is 0.0498. The number of carbonyl (C=O) groups excluding carboxylic acids is 2. The van der Waals surface area contributed by atoms with E-state index >= 15 is 0 Å². The van der Waals surface area contributed by atoms with Crippen molar-refractivity contribution >= 4 is 12.7 Å². The molecular formula is C6H4N2O4. The van der Waals surface area contributed by atoms with Crippen molar-refractivity contribution in [3.05, 3.63) is 32.6 Å². The second kappa shape index (κ2) is 2.95. The quantitative estimate of drug-likeness (QED) is 0.538. The van der Waals surface area contributed by atoms with Gasteiger partial charge in [0.25, 0.3) is 5.56 Å². The third kappa shape index (κ3) is 1.09. The molecule has 1 heterocycles. The van der Waals surface area contributed by atoms with E-state index in [9.17, 15) is 19.2 Å². The van der Waals surface area contributed by atoms with E-state index < -0.39 is 11.2 Å². The van der Waals surface area contributed by atoms with Gasteiger partial charge in [0.15, 0.2) is 6.29 Å². The van der Waals surface area contributed by atoms with Crippen LogP contribution in [0.2, 0.25) is 0 Å². The maximum absolute atomic E-state index is 10.9. The predicted octanol–water partition coefficient (Wildman–Crippen LogP) is -1.61. The van der Waals surface area contributed by atoms with Gasteiger partial charge in [-0.05, 0) is 0 Å². The van der Waals surface area contributed by atoms with Crippen molar-refractivity contribution in [3.63, 3.8) is 0 Å². The summed E-state index contributed by atoms with van der Waals surface area (Å²) in [4.78, 5) is 44.0. The molecule has 0 aliphatic heterocycles. The molecule has 1 rings (SSSR count). The van der Waals surface area contributed by atoms with Crippen molar-refractivity contribution in [2.45, 2.75) is 0 Å². The Morgan fingerprint density at radius 2 is 2.00 bits per heavy atom. The molecule has 1 aromatic heterocycles. The van der Waals surface area contributed by atoms with E-state index in [0.29, 0.717) is 0 Å². The molecule has 1 aromatic rings.